The summed E-state index contributed by atoms with van der Waals surface area (Å²) in [5, 5.41) is 10.9. The summed E-state index contributed by atoms with van der Waals surface area (Å²) in [5.41, 5.74) is 9.39. The molecule has 2 nitrogen and oxygen atoms in total. The van der Waals surface area contributed by atoms with Crippen molar-refractivity contribution in [1.82, 2.24) is 0 Å². The fraction of sp³-hybridized carbons (Fsp3) is 0.0833. The van der Waals surface area contributed by atoms with E-state index in [0.29, 0.717) is 5.56 Å². The molecule has 0 aliphatic carbocycles. The summed E-state index contributed by atoms with van der Waals surface area (Å²) in [6.45, 7) is 2.02. The standard InChI is InChI=1S/C12H10N2S/c1-8-2-3-10(14)6-11(8)12-9(7-13)4-5-15-12/h2-6H,14H2,1H3. The largest absolute Gasteiger partial charge is 0.399 e. The van der Waals surface area contributed by atoms with Crippen LogP contribution in [0.1, 0.15) is 11.1 Å². The van der Waals surface area contributed by atoms with Crippen molar-refractivity contribution in [2.75, 3.05) is 5.73 Å². The maximum atomic E-state index is 8.95. The Kier molecular flexibility index (Phi) is 2.44. The van der Waals surface area contributed by atoms with E-state index >= 15 is 0 Å². The maximum Gasteiger partial charge on any atom is 0.101 e. The lowest BCUT2D eigenvalue weighted by Gasteiger charge is -2.04. The van der Waals surface area contributed by atoms with Gasteiger partial charge in [0.2, 0.25) is 0 Å². The Morgan fingerprint density at radius 1 is 1.33 bits per heavy atom. The lowest BCUT2D eigenvalue weighted by molar-refractivity contribution is 1.46. The van der Waals surface area contributed by atoms with Crippen LogP contribution in [0.5, 0.6) is 0 Å². The predicted octanol–water partition coefficient (Wildman–Crippen LogP) is 3.18. The van der Waals surface area contributed by atoms with Crippen LogP contribution in [0, 0.1) is 18.3 Å². The average Bonchev–Trinajstić information content (AvgIpc) is 2.69. The molecule has 2 rings (SSSR count). The van der Waals surface area contributed by atoms with Gasteiger partial charge in [-0.1, -0.05) is 6.07 Å². The minimum absolute atomic E-state index is 0.716. The number of hydrogen-bond acceptors (Lipinski definition) is 3. The van der Waals surface area contributed by atoms with E-state index in [4.69, 9.17) is 11.0 Å². The minimum Gasteiger partial charge on any atom is -0.399 e. The Hall–Kier alpha value is -1.79. The SMILES string of the molecule is Cc1ccc(N)cc1-c1sccc1C#N. The fourth-order valence-electron chi connectivity index (χ4n) is 1.49. The Balaban J connectivity index is 2.64. The molecule has 0 aliphatic heterocycles. The minimum atomic E-state index is 0.716. The third-order valence-electron chi connectivity index (χ3n) is 2.29. The zero-order chi connectivity index (χ0) is 10.8. The number of nitrogens with two attached hydrogens (primary N) is 1. The summed E-state index contributed by atoms with van der Waals surface area (Å²) in [6, 6.07) is 9.80. The summed E-state index contributed by atoms with van der Waals surface area (Å²) in [6.07, 6.45) is 0. The van der Waals surface area contributed by atoms with Gasteiger partial charge >= 0.3 is 0 Å². The number of thiophene rings is 1. The summed E-state index contributed by atoms with van der Waals surface area (Å²) < 4.78 is 0. The van der Waals surface area contributed by atoms with E-state index in [1.54, 1.807) is 11.3 Å². The molecule has 0 unspecified atom stereocenters. The molecule has 0 atom stereocenters. The molecule has 0 spiro atoms. The van der Waals surface area contributed by atoms with Crippen molar-refractivity contribution < 1.29 is 0 Å². The molecular weight excluding hydrogens is 204 g/mol. The normalized spacial score (nSPS) is 9.87. The molecule has 0 saturated carbocycles. The lowest BCUT2D eigenvalue weighted by Crippen LogP contribution is -1.88. The second-order valence-electron chi connectivity index (χ2n) is 3.35. The predicted molar refractivity (Wildman–Crippen MR) is 63.6 cm³/mol. The van der Waals surface area contributed by atoms with Gasteiger partial charge in [-0.05, 0) is 41.6 Å². The van der Waals surface area contributed by atoms with Gasteiger partial charge in [-0.25, -0.2) is 0 Å². The van der Waals surface area contributed by atoms with Gasteiger partial charge in [0.05, 0.1) is 10.4 Å². The van der Waals surface area contributed by atoms with E-state index in [2.05, 4.69) is 6.07 Å². The van der Waals surface area contributed by atoms with Gasteiger partial charge in [-0.3, -0.25) is 0 Å². The maximum absolute atomic E-state index is 8.95. The number of nitrogens with zero attached hydrogens (tertiary/aromatic N) is 1. The smallest absolute Gasteiger partial charge is 0.101 e. The van der Waals surface area contributed by atoms with Crippen LogP contribution in [-0.2, 0) is 0 Å². The van der Waals surface area contributed by atoms with E-state index in [1.807, 2.05) is 36.6 Å². The van der Waals surface area contributed by atoms with E-state index in [9.17, 15) is 0 Å². The van der Waals surface area contributed by atoms with Crippen LogP contribution in [0.25, 0.3) is 10.4 Å². The van der Waals surface area contributed by atoms with E-state index in [-0.39, 0.29) is 0 Å². The zero-order valence-corrected chi connectivity index (χ0v) is 9.14. The third-order valence-corrected chi connectivity index (χ3v) is 3.24. The fourth-order valence-corrected chi connectivity index (χ4v) is 2.42. The molecule has 15 heavy (non-hydrogen) atoms. The van der Waals surface area contributed by atoms with Crippen molar-refractivity contribution in [2.45, 2.75) is 6.92 Å². The van der Waals surface area contributed by atoms with Crippen LogP contribution in [0.15, 0.2) is 29.6 Å². The first-order valence-corrected chi connectivity index (χ1v) is 5.44. The Labute approximate surface area is 92.6 Å². The zero-order valence-electron chi connectivity index (χ0n) is 8.32. The van der Waals surface area contributed by atoms with Crippen LogP contribution in [0.3, 0.4) is 0 Å². The van der Waals surface area contributed by atoms with Gasteiger partial charge in [0, 0.05) is 5.69 Å². The molecule has 1 aromatic heterocycles. The van der Waals surface area contributed by atoms with E-state index < -0.39 is 0 Å². The lowest BCUT2D eigenvalue weighted by atomic mass is 10.0. The van der Waals surface area contributed by atoms with Crippen LogP contribution in [0.2, 0.25) is 0 Å². The van der Waals surface area contributed by atoms with Crippen LogP contribution < -0.4 is 5.73 Å². The molecule has 0 bridgehead atoms. The number of anilines is 1. The van der Waals surface area contributed by atoms with E-state index in [1.165, 1.54) is 0 Å². The Morgan fingerprint density at radius 2 is 2.13 bits per heavy atom. The molecule has 0 amide bonds. The van der Waals surface area contributed by atoms with Crippen molar-refractivity contribution in [3.8, 4) is 16.5 Å². The highest BCUT2D eigenvalue weighted by molar-refractivity contribution is 7.13. The first-order chi connectivity index (χ1) is 7.22. The molecule has 0 radical (unpaired) electrons. The molecule has 0 saturated heterocycles. The molecule has 74 valence electrons. The van der Waals surface area contributed by atoms with Crippen molar-refractivity contribution in [3.05, 3.63) is 40.8 Å². The topological polar surface area (TPSA) is 49.8 Å². The van der Waals surface area contributed by atoms with Gasteiger partial charge in [-0.2, -0.15) is 5.26 Å². The first kappa shape index (κ1) is 9.75. The third kappa shape index (κ3) is 1.72. The van der Waals surface area contributed by atoms with Gasteiger partial charge < -0.3 is 5.73 Å². The van der Waals surface area contributed by atoms with E-state index in [0.717, 1.165) is 21.7 Å². The first-order valence-electron chi connectivity index (χ1n) is 4.56. The van der Waals surface area contributed by atoms with Crippen LogP contribution >= 0.6 is 11.3 Å². The molecule has 0 fully saturated rings. The van der Waals surface area contributed by atoms with Gasteiger partial charge in [0.25, 0.3) is 0 Å². The number of rotatable bonds is 1. The van der Waals surface area contributed by atoms with Crippen molar-refractivity contribution in [3.63, 3.8) is 0 Å². The second kappa shape index (κ2) is 3.76. The average molecular weight is 214 g/mol. The number of aryl methyl sites for hydroxylation is 1. The van der Waals surface area contributed by atoms with Crippen LogP contribution in [-0.4, -0.2) is 0 Å². The highest BCUT2D eigenvalue weighted by Gasteiger charge is 2.08. The van der Waals surface area contributed by atoms with Gasteiger partial charge in [0.1, 0.15) is 6.07 Å². The molecule has 1 heterocycles. The molecule has 0 aliphatic rings. The number of nitriles is 1. The molecular formula is C12H10N2S. The number of benzene rings is 1. The van der Waals surface area contributed by atoms with Crippen molar-refractivity contribution in [1.29, 1.82) is 5.26 Å². The Morgan fingerprint density at radius 3 is 2.87 bits per heavy atom. The quantitative estimate of drug-likeness (QED) is 0.741. The van der Waals surface area contributed by atoms with Crippen molar-refractivity contribution >= 4 is 17.0 Å². The van der Waals surface area contributed by atoms with Crippen LogP contribution in [0.4, 0.5) is 5.69 Å². The van der Waals surface area contributed by atoms with Gasteiger partial charge in [-0.15, -0.1) is 11.3 Å². The molecule has 2 aromatic rings. The second-order valence-corrected chi connectivity index (χ2v) is 4.27. The molecule has 1 aromatic carbocycles. The summed E-state index contributed by atoms with van der Waals surface area (Å²) in [7, 11) is 0. The highest BCUT2D eigenvalue weighted by atomic mass is 32.1. The van der Waals surface area contributed by atoms with Gasteiger partial charge in [0.15, 0.2) is 0 Å². The molecule has 3 heteroatoms. The number of nitrogen functional groups attached to an aromatic ring is 1. The van der Waals surface area contributed by atoms with Crippen molar-refractivity contribution in [2.24, 2.45) is 0 Å². The summed E-state index contributed by atoms with van der Waals surface area (Å²) in [4.78, 5) is 1.00. The summed E-state index contributed by atoms with van der Waals surface area (Å²) in [5.74, 6) is 0. The monoisotopic (exact) mass is 214 g/mol. The summed E-state index contributed by atoms with van der Waals surface area (Å²) >= 11 is 1.57. The molecule has 2 N–H and O–H groups in total. The Bertz CT molecular complexity index is 535. The highest BCUT2D eigenvalue weighted by Crippen LogP contribution is 2.32. The number of hydrogen-bond donors (Lipinski definition) is 1.